The molecule has 2 rings (SSSR count). The van der Waals surface area contributed by atoms with E-state index < -0.39 is 0 Å². The Hall–Kier alpha value is -0.770. The maximum atomic E-state index is 11.4. The fourth-order valence-electron chi connectivity index (χ4n) is 2.01. The van der Waals surface area contributed by atoms with Gasteiger partial charge in [0.25, 0.3) is 0 Å². The van der Waals surface area contributed by atoms with Gasteiger partial charge in [0.05, 0.1) is 0 Å². The highest BCUT2D eigenvalue weighted by molar-refractivity contribution is 5.69. The van der Waals surface area contributed by atoms with Crippen LogP contribution in [-0.2, 0) is 4.74 Å². The van der Waals surface area contributed by atoms with Gasteiger partial charge in [-0.25, -0.2) is 4.79 Å². The van der Waals surface area contributed by atoms with Crippen molar-refractivity contribution < 1.29 is 9.53 Å². The molecule has 1 saturated carbocycles. The Morgan fingerprint density at radius 3 is 2.69 bits per heavy atom. The van der Waals surface area contributed by atoms with Crippen LogP contribution in [0.15, 0.2) is 0 Å². The molecule has 0 atom stereocenters. The number of nitrogens with zero attached hydrogens (tertiary/aromatic N) is 1. The number of carbonyl (C=O) groups is 1. The molecule has 1 saturated heterocycles. The van der Waals surface area contributed by atoms with Crippen LogP contribution in [-0.4, -0.2) is 36.2 Å². The van der Waals surface area contributed by atoms with E-state index in [0.717, 1.165) is 25.8 Å². The monoisotopic (exact) mass is 184 g/mol. The van der Waals surface area contributed by atoms with Crippen molar-refractivity contribution in [3.8, 4) is 0 Å². The van der Waals surface area contributed by atoms with Crippen LogP contribution in [0.25, 0.3) is 0 Å². The molecule has 1 aliphatic carbocycles. The Kier molecular flexibility index (Phi) is 2.15. The molecular formula is C9H16N2O2. The molecular weight excluding hydrogens is 168 g/mol. The van der Waals surface area contributed by atoms with E-state index in [4.69, 9.17) is 10.5 Å². The summed E-state index contributed by atoms with van der Waals surface area (Å²) >= 11 is 0. The molecule has 0 bridgehead atoms. The lowest BCUT2D eigenvalue weighted by atomic mass is 9.77. The van der Waals surface area contributed by atoms with Gasteiger partial charge in [0, 0.05) is 26.1 Å². The molecule has 13 heavy (non-hydrogen) atoms. The first kappa shape index (κ1) is 8.81. The minimum Gasteiger partial charge on any atom is -0.443 e. The summed E-state index contributed by atoms with van der Waals surface area (Å²) in [4.78, 5) is 13.1. The van der Waals surface area contributed by atoms with Crippen molar-refractivity contribution in [2.75, 3.05) is 19.6 Å². The topological polar surface area (TPSA) is 55.6 Å². The summed E-state index contributed by atoms with van der Waals surface area (Å²) in [5, 5.41) is 0. The Bertz CT molecular complexity index is 214. The Labute approximate surface area is 78.0 Å². The number of amides is 1. The predicted molar refractivity (Wildman–Crippen MR) is 48.3 cm³/mol. The summed E-state index contributed by atoms with van der Waals surface area (Å²) < 4.78 is 5.41. The molecule has 2 N–H and O–H groups in total. The lowest BCUT2D eigenvalue weighted by molar-refractivity contribution is -0.0936. The van der Waals surface area contributed by atoms with E-state index in [1.54, 1.807) is 4.90 Å². The SMILES string of the molecule is NCCN1CCC2(CCC2)OC1=O. The zero-order valence-corrected chi connectivity index (χ0v) is 7.79. The van der Waals surface area contributed by atoms with Crippen molar-refractivity contribution >= 4 is 6.09 Å². The van der Waals surface area contributed by atoms with E-state index in [9.17, 15) is 4.79 Å². The quantitative estimate of drug-likeness (QED) is 0.687. The normalized spacial score (nSPS) is 25.6. The standard InChI is InChI=1S/C9H16N2O2/c10-5-7-11-6-4-9(2-1-3-9)13-8(11)12/h1-7,10H2. The first-order valence-corrected chi connectivity index (χ1v) is 4.94. The third kappa shape index (κ3) is 1.50. The van der Waals surface area contributed by atoms with Crippen molar-refractivity contribution in [3.05, 3.63) is 0 Å². The molecule has 0 aromatic heterocycles. The van der Waals surface area contributed by atoms with Gasteiger partial charge < -0.3 is 15.4 Å². The zero-order valence-electron chi connectivity index (χ0n) is 7.79. The number of carbonyl (C=O) groups excluding carboxylic acids is 1. The zero-order chi connectivity index (χ0) is 9.31. The van der Waals surface area contributed by atoms with Crippen LogP contribution in [0.2, 0.25) is 0 Å². The van der Waals surface area contributed by atoms with Gasteiger partial charge in [0.1, 0.15) is 5.60 Å². The first-order chi connectivity index (χ1) is 6.26. The van der Waals surface area contributed by atoms with Gasteiger partial charge in [-0.2, -0.15) is 0 Å². The van der Waals surface area contributed by atoms with E-state index in [1.807, 2.05) is 0 Å². The Morgan fingerprint density at radius 2 is 2.23 bits per heavy atom. The van der Waals surface area contributed by atoms with Crippen molar-refractivity contribution in [1.82, 2.24) is 4.90 Å². The molecule has 1 heterocycles. The van der Waals surface area contributed by atoms with Gasteiger partial charge in [0.2, 0.25) is 0 Å². The van der Waals surface area contributed by atoms with E-state index in [0.29, 0.717) is 13.1 Å². The van der Waals surface area contributed by atoms with E-state index in [1.165, 1.54) is 6.42 Å². The van der Waals surface area contributed by atoms with Crippen LogP contribution >= 0.6 is 0 Å². The van der Waals surface area contributed by atoms with Gasteiger partial charge in [-0.05, 0) is 19.3 Å². The third-order valence-corrected chi connectivity index (χ3v) is 3.06. The van der Waals surface area contributed by atoms with Gasteiger partial charge in [0.15, 0.2) is 0 Å². The summed E-state index contributed by atoms with van der Waals surface area (Å²) in [5.41, 5.74) is 5.31. The molecule has 0 aromatic rings. The molecule has 4 nitrogen and oxygen atoms in total. The second-order valence-electron chi connectivity index (χ2n) is 3.93. The van der Waals surface area contributed by atoms with E-state index in [2.05, 4.69) is 0 Å². The molecule has 74 valence electrons. The lowest BCUT2D eigenvalue weighted by Gasteiger charge is -2.46. The molecule has 0 unspecified atom stereocenters. The van der Waals surface area contributed by atoms with Crippen LogP contribution in [0.3, 0.4) is 0 Å². The molecule has 0 radical (unpaired) electrons. The van der Waals surface area contributed by atoms with Crippen LogP contribution in [0, 0.1) is 0 Å². The maximum absolute atomic E-state index is 11.4. The second-order valence-corrected chi connectivity index (χ2v) is 3.93. The predicted octanol–water partition coefficient (Wildman–Crippen LogP) is 0.710. The molecule has 1 spiro atoms. The van der Waals surface area contributed by atoms with Crippen LogP contribution < -0.4 is 5.73 Å². The molecule has 1 aliphatic heterocycles. The highest BCUT2D eigenvalue weighted by atomic mass is 16.6. The molecule has 2 aliphatic rings. The number of rotatable bonds is 2. The summed E-state index contributed by atoms with van der Waals surface area (Å²) in [5.74, 6) is 0. The summed E-state index contributed by atoms with van der Waals surface area (Å²) in [6, 6.07) is 0. The van der Waals surface area contributed by atoms with Crippen LogP contribution in [0.5, 0.6) is 0 Å². The minimum absolute atomic E-state index is 0.0812. The van der Waals surface area contributed by atoms with Gasteiger partial charge in [-0.3, -0.25) is 0 Å². The molecule has 4 heteroatoms. The number of nitrogens with two attached hydrogens (primary N) is 1. The van der Waals surface area contributed by atoms with Crippen molar-refractivity contribution in [2.45, 2.75) is 31.3 Å². The largest absolute Gasteiger partial charge is 0.443 e. The number of hydrogen-bond donors (Lipinski definition) is 1. The average molecular weight is 184 g/mol. The molecule has 2 fully saturated rings. The van der Waals surface area contributed by atoms with Crippen molar-refractivity contribution in [3.63, 3.8) is 0 Å². The lowest BCUT2D eigenvalue weighted by Crippen LogP contribution is -2.53. The average Bonchev–Trinajstić information content (AvgIpc) is 2.06. The van der Waals surface area contributed by atoms with Gasteiger partial charge >= 0.3 is 6.09 Å². The third-order valence-electron chi connectivity index (χ3n) is 3.06. The Morgan fingerprint density at radius 1 is 1.46 bits per heavy atom. The Balaban J connectivity index is 1.91. The number of hydrogen-bond acceptors (Lipinski definition) is 3. The summed E-state index contributed by atoms with van der Waals surface area (Å²) in [6.07, 6.45) is 4.12. The van der Waals surface area contributed by atoms with E-state index in [-0.39, 0.29) is 11.7 Å². The highest BCUT2D eigenvalue weighted by Gasteiger charge is 2.44. The highest BCUT2D eigenvalue weighted by Crippen LogP contribution is 2.41. The molecule has 0 aromatic carbocycles. The van der Waals surface area contributed by atoms with Crippen molar-refractivity contribution in [2.24, 2.45) is 5.73 Å². The number of ether oxygens (including phenoxy) is 1. The van der Waals surface area contributed by atoms with Crippen molar-refractivity contribution in [1.29, 1.82) is 0 Å². The van der Waals surface area contributed by atoms with Gasteiger partial charge in [-0.15, -0.1) is 0 Å². The second kappa shape index (κ2) is 3.18. The van der Waals surface area contributed by atoms with Crippen LogP contribution in [0.1, 0.15) is 25.7 Å². The molecule has 1 amide bonds. The fourth-order valence-corrected chi connectivity index (χ4v) is 2.01. The first-order valence-electron chi connectivity index (χ1n) is 4.94. The summed E-state index contributed by atoms with van der Waals surface area (Å²) in [7, 11) is 0. The summed E-state index contributed by atoms with van der Waals surface area (Å²) in [6.45, 7) is 1.95. The van der Waals surface area contributed by atoms with Gasteiger partial charge in [-0.1, -0.05) is 0 Å². The maximum Gasteiger partial charge on any atom is 0.410 e. The smallest absolute Gasteiger partial charge is 0.410 e. The van der Waals surface area contributed by atoms with Crippen LogP contribution in [0.4, 0.5) is 4.79 Å². The van der Waals surface area contributed by atoms with E-state index >= 15 is 0 Å². The minimum atomic E-state index is -0.170. The fraction of sp³-hybridized carbons (Fsp3) is 0.889.